The molecule has 2 fully saturated rings. The van der Waals surface area contributed by atoms with Gasteiger partial charge in [0, 0.05) is 57.4 Å². The number of aromatic nitrogens is 2. The molecule has 0 bridgehead atoms. The molecule has 2 aliphatic rings. The molecule has 2 saturated heterocycles. The maximum atomic E-state index is 9.96. The van der Waals surface area contributed by atoms with Crippen molar-refractivity contribution < 1.29 is 19.7 Å². The van der Waals surface area contributed by atoms with Gasteiger partial charge in [0.05, 0.1) is 25.5 Å². The Bertz CT molecular complexity index is 574. The molecule has 3 heterocycles. The van der Waals surface area contributed by atoms with Crippen LogP contribution in [0.1, 0.15) is 30.9 Å². The number of aliphatic hydroxyl groups is 2. The maximum absolute atomic E-state index is 9.96. The van der Waals surface area contributed by atoms with E-state index in [9.17, 15) is 5.11 Å². The number of hydrogen-bond acceptors (Lipinski definition) is 8. The molecule has 2 aliphatic heterocycles. The fourth-order valence-electron chi connectivity index (χ4n) is 3.63. The summed E-state index contributed by atoms with van der Waals surface area (Å²) in [6.07, 6.45) is 2.65. The van der Waals surface area contributed by atoms with E-state index >= 15 is 0 Å². The summed E-state index contributed by atoms with van der Waals surface area (Å²) in [6, 6.07) is 2.02. The molecule has 0 unspecified atom stereocenters. The van der Waals surface area contributed by atoms with E-state index in [1.807, 2.05) is 13.1 Å². The Kier molecular flexibility index (Phi) is 6.63. The van der Waals surface area contributed by atoms with E-state index < -0.39 is 0 Å². The molecule has 0 radical (unpaired) electrons. The van der Waals surface area contributed by atoms with Gasteiger partial charge in [0.1, 0.15) is 5.82 Å². The summed E-state index contributed by atoms with van der Waals surface area (Å²) in [7, 11) is 2.00. The molecule has 0 saturated carbocycles. The quantitative estimate of drug-likeness (QED) is 0.615. The SMILES string of the molecule is CN(CC1(CO)CCOCC1)c1cc([C@H]2CCOC2)nc(NCCO)n1. The summed E-state index contributed by atoms with van der Waals surface area (Å²) >= 11 is 0. The Hall–Kier alpha value is -1.48. The first kappa shape index (κ1) is 19.3. The molecular formula is C18H30N4O4. The molecule has 146 valence electrons. The Balaban J connectivity index is 1.80. The normalized spacial score (nSPS) is 22.3. The third-order valence-corrected chi connectivity index (χ3v) is 5.33. The van der Waals surface area contributed by atoms with Crippen LogP contribution < -0.4 is 10.2 Å². The third-order valence-electron chi connectivity index (χ3n) is 5.33. The lowest BCUT2D eigenvalue weighted by Gasteiger charge is -2.39. The van der Waals surface area contributed by atoms with Gasteiger partial charge >= 0.3 is 0 Å². The fourth-order valence-corrected chi connectivity index (χ4v) is 3.63. The van der Waals surface area contributed by atoms with Crippen molar-refractivity contribution in [3.63, 3.8) is 0 Å². The molecule has 1 atom stereocenters. The molecule has 26 heavy (non-hydrogen) atoms. The average molecular weight is 366 g/mol. The van der Waals surface area contributed by atoms with Crippen LogP contribution in [0.4, 0.5) is 11.8 Å². The highest BCUT2D eigenvalue weighted by Gasteiger charge is 2.34. The Morgan fingerprint density at radius 3 is 2.69 bits per heavy atom. The summed E-state index contributed by atoms with van der Waals surface area (Å²) < 4.78 is 11.0. The van der Waals surface area contributed by atoms with E-state index in [1.54, 1.807) is 0 Å². The maximum Gasteiger partial charge on any atom is 0.224 e. The van der Waals surface area contributed by atoms with Gasteiger partial charge in [-0.3, -0.25) is 0 Å². The second-order valence-corrected chi connectivity index (χ2v) is 7.31. The molecule has 0 spiro atoms. The fraction of sp³-hybridized carbons (Fsp3) is 0.778. The third kappa shape index (κ3) is 4.62. The van der Waals surface area contributed by atoms with E-state index in [0.29, 0.717) is 38.9 Å². The number of hydrogen-bond donors (Lipinski definition) is 3. The van der Waals surface area contributed by atoms with Crippen LogP contribution in [0.25, 0.3) is 0 Å². The van der Waals surface area contributed by atoms with Crippen molar-refractivity contribution in [2.24, 2.45) is 5.41 Å². The molecule has 8 heteroatoms. The average Bonchev–Trinajstić information content (AvgIpc) is 3.21. The smallest absolute Gasteiger partial charge is 0.224 e. The van der Waals surface area contributed by atoms with Crippen LogP contribution in [0.15, 0.2) is 6.07 Å². The largest absolute Gasteiger partial charge is 0.396 e. The first-order valence-corrected chi connectivity index (χ1v) is 9.37. The van der Waals surface area contributed by atoms with Crippen molar-refractivity contribution >= 4 is 11.8 Å². The molecule has 3 N–H and O–H groups in total. The molecule has 3 rings (SSSR count). The Morgan fingerprint density at radius 2 is 2.04 bits per heavy atom. The lowest BCUT2D eigenvalue weighted by atomic mass is 9.80. The Morgan fingerprint density at radius 1 is 1.23 bits per heavy atom. The van der Waals surface area contributed by atoms with Crippen LogP contribution in [-0.2, 0) is 9.47 Å². The van der Waals surface area contributed by atoms with Crippen molar-refractivity contribution in [3.8, 4) is 0 Å². The van der Waals surface area contributed by atoms with Crippen LogP contribution in [0.3, 0.4) is 0 Å². The highest BCUT2D eigenvalue weighted by molar-refractivity contribution is 5.45. The summed E-state index contributed by atoms with van der Waals surface area (Å²) in [4.78, 5) is 11.3. The zero-order valence-electron chi connectivity index (χ0n) is 15.5. The zero-order chi connectivity index (χ0) is 18.4. The van der Waals surface area contributed by atoms with Gasteiger partial charge < -0.3 is 29.9 Å². The van der Waals surface area contributed by atoms with E-state index in [2.05, 4.69) is 20.2 Å². The first-order chi connectivity index (χ1) is 12.7. The molecule has 0 aliphatic carbocycles. The van der Waals surface area contributed by atoms with Crippen LogP contribution >= 0.6 is 0 Å². The van der Waals surface area contributed by atoms with Crippen molar-refractivity contribution in [3.05, 3.63) is 11.8 Å². The number of anilines is 2. The number of aliphatic hydroxyl groups excluding tert-OH is 2. The van der Waals surface area contributed by atoms with E-state index in [-0.39, 0.29) is 24.5 Å². The summed E-state index contributed by atoms with van der Waals surface area (Å²) in [6.45, 7) is 4.10. The van der Waals surface area contributed by atoms with Crippen LogP contribution in [0.5, 0.6) is 0 Å². The standard InChI is InChI=1S/C18H30N4O4/c1-22(12-18(13-24)3-8-25-9-4-18)16-10-15(14-2-7-26-11-14)20-17(21-16)19-5-6-23/h10,14,23-24H,2-9,11-13H2,1H3,(H,19,20,21)/t14-/m0/s1. The van der Waals surface area contributed by atoms with Crippen LogP contribution in [-0.4, -0.2) is 80.0 Å². The first-order valence-electron chi connectivity index (χ1n) is 9.37. The van der Waals surface area contributed by atoms with Gasteiger partial charge in [-0.2, -0.15) is 4.98 Å². The second kappa shape index (κ2) is 8.94. The van der Waals surface area contributed by atoms with Gasteiger partial charge in [0.15, 0.2) is 0 Å². The molecule has 0 aromatic carbocycles. The highest BCUT2D eigenvalue weighted by atomic mass is 16.5. The minimum atomic E-state index is -0.159. The molecule has 1 aromatic rings. The number of nitrogens with one attached hydrogen (secondary N) is 1. The predicted octanol–water partition coefficient (Wildman–Crippen LogP) is 0.610. The van der Waals surface area contributed by atoms with Crippen molar-refractivity contribution in [1.82, 2.24) is 9.97 Å². The molecule has 1 aromatic heterocycles. The van der Waals surface area contributed by atoms with Gasteiger partial charge in [-0.15, -0.1) is 0 Å². The monoisotopic (exact) mass is 366 g/mol. The lowest BCUT2D eigenvalue weighted by molar-refractivity contribution is -0.0113. The van der Waals surface area contributed by atoms with Gasteiger partial charge in [-0.05, 0) is 19.3 Å². The Labute approximate surface area is 154 Å². The van der Waals surface area contributed by atoms with Crippen LogP contribution in [0, 0.1) is 5.41 Å². The number of nitrogens with zero attached hydrogens (tertiary/aromatic N) is 3. The van der Waals surface area contributed by atoms with Gasteiger partial charge in [-0.1, -0.05) is 0 Å². The van der Waals surface area contributed by atoms with E-state index in [4.69, 9.17) is 14.6 Å². The zero-order valence-corrected chi connectivity index (χ0v) is 15.5. The topological polar surface area (TPSA) is 100.0 Å². The minimum Gasteiger partial charge on any atom is -0.396 e. The van der Waals surface area contributed by atoms with Crippen molar-refractivity contribution in [2.75, 3.05) is 70.0 Å². The van der Waals surface area contributed by atoms with Gasteiger partial charge in [0.25, 0.3) is 0 Å². The van der Waals surface area contributed by atoms with Gasteiger partial charge in [0.2, 0.25) is 5.95 Å². The lowest BCUT2D eigenvalue weighted by Crippen LogP contribution is -2.43. The molecule has 8 nitrogen and oxygen atoms in total. The van der Waals surface area contributed by atoms with Crippen molar-refractivity contribution in [1.29, 1.82) is 0 Å². The summed E-state index contributed by atoms with van der Waals surface area (Å²) in [5.41, 5.74) is 0.803. The molecular weight excluding hydrogens is 336 g/mol. The number of rotatable bonds is 8. The van der Waals surface area contributed by atoms with Crippen molar-refractivity contribution in [2.45, 2.75) is 25.2 Å². The highest BCUT2D eigenvalue weighted by Crippen LogP contribution is 2.33. The van der Waals surface area contributed by atoms with Crippen LogP contribution in [0.2, 0.25) is 0 Å². The van der Waals surface area contributed by atoms with Gasteiger partial charge in [-0.25, -0.2) is 4.98 Å². The summed E-state index contributed by atoms with van der Waals surface area (Å²) in [5.74, 6) is 1.62. The number of ether oxygens (including phenoxy) is 2. The summed E-state index contributed by atoms with van der Waals surface area (Å²) in [5, 5.41) is 22.1. The predicted molar refractivity (Wildman–Crippen MR) is 98.6 cm³/mol. The minimum absolute atomic E-state index is 0.0267. The van der Waals surface area contributed by atoms with E-state index in [1.165, 1.54) is 0 Å². The molecule has 0 amide bonds. The van der Waals surface area contributed by atoms with E-state index in [0.717, 1.165) is 37.4 Å². The second-order valence-electron chi connectivity index (χ2n) is 7.31.